The Balaban J connectivity index is 2.42. The predicted molar refractivity (Wildman–Crippen MR) is 65.1 cm³/mol. The molecule has 17 heavy (non-hydrogen) atoms. The van der Waals surface area contributed by atoms with Crippen LogP contribution in [0.15, 0.2) is 51.8 Å². The van der Waals surface area contributed by atoms with E-state index in [9.17, 15) is 8.42 Å². The van der Waals surface area contributed by atoms with Gasteiger partial charge in [-0.3, -0.25) is 0 Å². The first-order valence-corrected chi connectivity index (χ1v) is 6.54. The summed E-state index contributed by atoms with van der Waals surface area (Å²) in [6.07, 6.45) is 0. The van der Waals surface area contributed by atoms with Crippen molar-refractivity contribution in [3.63, 3.8) is 0 Å². The minimum Gasteiger partial charge on any atom is -0.456 e. The lowest BCUT2D eigenvalue weighted by Gasteiger charge is -1.96. The third-order valence-corrected chi connectivity index (χ3v) is 3.59. The lowest BCUT2D eigenvalue weighted by atomic mass is 10.2. The van der Waals surface area contributed by atoms with Gasteiger partial charge in [0.05, 0.1) is 4.90 Å². The Labute approximate surface area is 97.7 Å². The van der Waals surface area contributed by atoms with Crippen LogP contribution in [0.25, 0.3) is 21.9 Å². The van der Waals surface area contributed by atoms with Gasteiger partial charge in [-0.2, -0.15) is 0 Å². The summed E-state index contributed by atoms with van der Waals surface area (Å²) in [5.74, 6) is 0. The third kappa shape index (κ3) is 1.60. The first-order valence-electron chi connectivity index (χ1n) is 5.00. The fraction of sp³-hybridized carbons (Fsp3) is 0. The number of para-hydroxylation sites is 1. The van der Waals surface area contributed by atoms with Gasteiger partial charge in [0.25, 0.3) is 0 Å². The van der Waals surface area contributed by atoms with E-state index in [1.54, 1.807) is 6.07 Å². The highest BCUT2D eigenvalue weighted by Gasteiger charge is 2.12. The number of hydrogen-bond donors (Lipinski definition) is 1. The van der Waals surface area contributed by atoms with Gasteiger partial charge in [-0.1, -0.05) is 18.2 Å². The summed E-state index contributed by atoms with van der Waals surface area (Å²) >= 11 is 0. The Kier molecular flexibility index (Phi) is 2.01. The lowest BCUT2D eigenvalue weighted by molar-refractivity contribution is 0.597. The molecule has 5 heteroatoms. The van der Waals surface area contributed by atoms with Crippen molar-refractivity contribution < 1.29 is 12.8 Å². The van der Waals surface area contributed by atoms with Crippen LogP contribution in [0.1, 0.15) is 0 Å². The van der Waals surface area contributed by atoms with E-state index >= 15 is 0 Å². The number of benzene rings is 2. The molecule has 0 aliphatic rings. The van der Waals surface area contributed by atoms with Gasteiger partial charge >= 0.3 is 0 Å². The molecule has 0 atom stereocenters. The van der Waals surface area contributed by atoms with Gasteiger partial charge in [-0.15, -0.1) is 0 Å². The van der Waals surface area contributed by atoms with Crippen LogP contribution < -0.4 is 5.14 Å². The monoisotopic (exact) mass is 247 g/mol. The van der Waals surface area contributed by atoms with E-state index in [-0.39, 0.29) is 4.90 Å². The molecule has 0 unspecified atom stereocenters. The molecule has 86 valence electrons. The van der Waals surface area contributed by atoms with Crippen LogP contribution in [0.3, 0.4) is 0 Å². The highest BCUT2D eigenvalue weighted by molar-refractivity contribution is 7.89. The van der Waals surface area contributed by atoms with Crippen LogP contribution >= 0.6 is 0 Å². The lowest BCUT2D eigenvalue weighted by Crippen LogP contribution is -2.11. The molecule has 0 fully saturated rings. The average Bonchev–Trinajstić information content (AvgIpc) is 2.65. The summed E-state index contributed by atoms with van der Waals surface area (Å²) in [5, 5.41) is 6.92. The van der Waals surface area contributed by atoms with E-state index in [4.69, 9.17) is 9.56 Å². The number of rotatable bonds is 1. The quantitative estimate of drug-likeness (QED) is 0.716. The molecule has 4 nitrogen and oxygen atoms in total. The maximum absolute atomic E-state index is 11.2. The van der Waals surface area contributed by atoms with Crippen molar-refractivity contribution in [2.24, 2.45) is 5.14 Å². The van der Waals surface area contributed by atoms with Crippen molar-refractivity contribution in [2.45, 2.75) is 4.90 Å². The molecule has 0 saturated carbocycles. The van der Waals surface area contributed by atoms with Crippen molar-refractivity contribution >= 4 is 32.0 Å². The number of hydrogen-bond acceptors (Lipinski definition) is 3. The smallest absolute Gasteiger partial charge is 0.238 e. The van der Waals surface area contributed by atoms with Crippen LogP contribution in [0.4, 0.5) is 0 Å². The molecule has 2 aromatic carbocycles. The summed E-state index contributed by atoms with van der Waals surface area (Å²) in [6, 6.07) is 12.2. The van der Waals surface area contributed by atoms with Gasteiger partial charge in [-0.05, 0) is 18.2 Å². The van der Waals surface area contributed by atoms with Crippen LogP contribution in [-0.2, 0) is 10.0 Å². The summed E-state index contributed by atoms with van der Waals surface area (Å²) in [4.78, 5) is 0.0593. The second kappa shape index (κ2) is 3.32. The topological polar surface area (TPSA) is 73.3 Å². The fourth-order valence-electron chi connectivity index (χ4n) is 1.88. The largest absolute Gasteiger partial charge is 0.456 e. The number of sulfonamides is 1. The Hall–Kier alpha value is -1.85. The molecule has 0 saturated heterocycles. The van der Waals surface area contributed by atoms with Gasteiger partial charge in [-0.25, -0.2) is 13.6 Å². The molecule has 3 aromatic rings. The van der Waals surface area contributed by atoms with Crippen LogP contribution in [0, 0.1) is 0 Å². The van der Waals surface area contributed by atoms with Crippen molar-refractivity contribution in [3.05, 3.63) is 42.5 Å². The van der Waals surface area contributed by atoms with Crippen molar-refractivity contribution in [1.29, 1.82) is 0 Å². The highest BCUT2D eigenvalue weighted by atomic mass is 32.2. The summed E-state index contributed by atoms with van der Waals surface area (Å²) in [6.45, 7) is 0. The molecule has 1 heterocycles. The molecule has 3 rings (SSSR count). The summed E-state index contributed by atoms with van der Waals surface area (Å²) in [7, 11) is -3.69. The average molecular weight is 247 g/mol. The molecule has 0 bridgehead atoms. The molecule has 0 amide bonds. The summed E-state index contributed by atoms with van der Waals surface area (Å²) in [5.41, 5.74) is 1.26. The first-order chi connectivity index (χ1) is 8.05. The van der Waals surface area contributed by atoms with E-state index in [1.165, 1.54) is 12.1 Å². The van der Waals surface area contributed by atoms with E-state index in [0.717, 1.165) is 16.4 Å². The van der Waals surface area contributed by atoms with Gasteiger partial charge in [0.2, 0.25) is 10.0 Å². The molecule has 0 radical (unpaired) electrons. The minimum absolute atomic E-state index is 0.0593. The Morgan fingerprint density at radius 3 is 2.41 bits per heavy atom. The molecule has 0 aliphatic heterocycles. The number of primary sulfonamides is 1. The van der Waals surface area contributed by atoms with Gasteiger partial charge in [0.1, 0.15) is 11.2 Å². The van der Waals surface area contributed by atoms with Gasteiger partial charge < -0.3 is 4.42 Å². The number of fused-ring (bicyclic) bond motifs is 3. The zero-order valence-electron chi connectivity index (χ0n) is 8.75. The number of furan rings is 1. The zero-order valence-corrected chi connectivity index (χ0v) is 9.57. The van der Waals surface area contributed by atoms with E-state index < -0.39 is 10.0 Å². The highest BCUT2D eigenvalue weighted by Crippen LogP contribution is 2.29. The molecular weight excluding hydrogens is 238 g/mol. The van der Waals surface area contributed by atoms with Crippen molar-refractivity contribution in [1.82, 2.24) is 0 Å². The normalized spacial score (nSPS) is 12.3. The molecule has 2 N–H and O–H groups in total. The van der Waals surface area contributed by atoms with E-state index in [2.05, 4.69) is 0 Å². The third-order valence-electron chi connectivity index (χ3n) is 2.68. The van der Waals surface area contributed by atoms with Crippen molar-refractivity contribution in [2.75, 3.05) is 0 Å². The van der Waals surface area contributed by atoms with Gasteiger partial charge in [0, 0.05) is 16.8 Å². The van der Waals surface area contributed by atoms with Crippen LogP contribution in [0.5, 0.6) is 0 Å². The first kappa shape index (κ1) is 10.3. The SMILES string of the molecule is NS(=O)(=O)c1ccc2c(c1)oc1ccccc12. The molecule has 0 aliphatic carbocycles. The van der Waals surface area contributed by atoms with E-state index in [0.29, 0.717) is 5.58 Å². The zero-order chi connectivity index (χ0) is 12.0. The van der Waals surface area contributed by atoms with Crippen LogP contribution in [-0.4, -0.2) is 8.42 Å². The van der Waals surface area contributed by atoms with E-state index in [1.807, 2.05) is 24.3 Å². The number of nitrogens with two attached hydrogens (primary N) is 1. The Morgan fingerprint density at radius 2 is 1.65 bits per heavy atom. The maximum atomic E-state index is 11.2. The second-order valence-electron chi connectivity index (χ2n) is 3.80. The molecule has 1 aromatic heterocycles. The fourth-order valence-corrected chi connectivity index (χ4v) is 2.41. The predicted octanol–water partition coefficient (Wildman–Crippen LogP) is 2.23. The Bertz CT molecular complexity index is 818. The molecular formula is C12H9NO3S. The van der Waals surface area contributed by atoms with Crippen LogP contribution in [0.2, 0.25) is 0 Å². The summed E-state index contributed by atoms with van der Waals surface area (Å²) < 4.78 is 28.0. The minimum atomic E-state index is -3.69. The van der Waals surface area contributed by atoms with Gasteiger partial charge in [0.15, 0.2) is 0 Å². The standard InChI is InChI=1S/C12H9NO3S/c13-17(14,15)8-5-6-10-9-3-1-2-4-11(9)16-12(10)7-8/h1-7H,(H2,13,14,15). The van der Waals surface area contributed by atoms with Crippen molar-refractivity contribution in [3.8, 4) is 0 Å². The molecule has 0 spiro atoms. The Morgan fingerprint density at radius 1 is 0.941 bits per heavy atom. The second-order valence-corrected chi connectivity index (χ2v) is 5.36. The maximum Gasteiger partial charge on any atom is 0.238 e.